The van der Waals surface area contributed by atoms with E-state index in [1.807, 2.05) is 54.7 Å². The highest BCUT2D eigenvalue weighted by atomic mass is 127. The molecule has 0 radical (unpaired) electrons. The van der Waals surface area contributed by atoms with Crippen molar-refractivity contribution in [2.24, 2.45) is 0 Å². The number of rotatable bonds is 7. The number of fused-ring (bicyclic) bond motifs is 1. The second-order valence-corrected chi connectivity index (χ2v) is 6.97. The number of alkyl halides is 1. The minimum absolute atomic E-state index is 0.0544. The molecule has 0 N–H and O–H groups in total. The highest BCUT2D eigenvalue weighted by molar-refractivity contribution is 14.1. The molecule has 2 aromatic carbocycles. The third-order valence-corrected chi connectivity index (χ3v) is 5.13. The molecule has 0 bridgehead atoms. The van der Waals surface area contributed by atoms with Crippen molar-refractivity contribution in [1.82, 2.24) is 4.57 Å². The molecular formula is C20H19FINO. The Morgan fingerprint density at radius 1 is 0.958 bits per heavy atom. The number of benzene rings is 2. The molecule has 0 aliphatic rings. The van der Waals surface area contributed by atoms with E-state index < -0.39 is 0 Å². The number of aryl methyl sites for hydroxylation is 1. The van der Waals surface area contributed by atoms with Crippen LogP contribution in [-0.4, -0.2) is 17.0 Å². The zero-order valence-corrected chi connectivity index (χ0v) is 15.5. The van der Waals surface area contributed by atoms with Gasteiger partial charge in [-0.05, 0) is 60.1 Å². The fourth-order valence-corrected chi connectivity index (χ4v) is 3.59. The van der Waals surface area contributed by atoms with Crippen molar-refractivity contribution in [2.75, 3.05) is 6.67 Å². The molecular weight excluding hydrogens is 416 g/mol. The number of para-hydroxylation sites is 1. The van der Waals surface area contributed by atoms with Gasteiger partial charge in [-0.25, -0.2) is 0 Å². The van der Waals surface area contributed by atoms with Crippen LogP contribution in [0.2, 0.25) is 0 Å². The number of carbonyl (C=O) groups excluding carboxylic acids is 1. The predicted octanol–water partition coefficient (Wildman–Crippen LogP) is 5.62. The zero-order chi connectivity index (χ0) is 16.9. The summed E-state index contributed by atoms with van der Waals surface area (Å²) in [7, 11) is 0. The molecule has 0 saturated carbocycles. The number of ketones is 1. The maximum atomic E-state index is 13.0. The maximum Gasteiger partial charge on any atom is 0.196 e. The Bertz CT molecular complexity index is 856. The molecule has 0 aliphatic heterocycles. The van der Waals surface area contributed by atoms with Gasteiger partial charge < -0.3 is 4.57 Å². The van der Waals surface area contributed by atoms with E-state index in [-0.39, 0.29) is 12.5 Å². The lowest BCUT2D eigenvalue weighted by Gasteiger charge is -2.04. The van der Waals surface area contributed by atoms with Crippen LogP contribution in [0.15, 0.2) is 54.7 Å². The summed E-state index contributed by atoms with van der Waals surface area (Å²) in [5.74, 6) is 0.0544. The predicted molar refractivity (Wildman–Crippen MR) is 104 cm³/mol. The van der Waals surface area contributed by atoms with Gasteiger partial charge in [0.05, 0.1) is 6.67 Å². The van der Waals surface area contributed by atoms with Gasteiger partial charge in [0, 0.05) is 38.3 Å². The topological polar surface area (TPSA) is 22.0 Å². The molecule has 3 rings (SSSR count). The van der Waals surface area contributed by atoms with Gasteiger partial charge in [-0.3, -0.25) is 9.18 Å². The van der Waals surface area contributed by atoms with E-state index in [0.717, 1.165) is 45.0 Å². The van der Waals surface area contributed by atoms with Crippen LogP contribution in [0.25, 0.3) is 10.9 Å². The van der Waals surface area contributed by atoms with Gasteiger partial charge in [0.1, 0.15) is 0 Å². The molecule has 1 aromatic heterocycles. The summed E-state index contributed by atoms with van der Waals surface area (Å²) in [6.45, 7) is 0.544. The summed E-state index contributed by atoms with van der Waals surface area (Å²) in [5, 5.41) is 0.979. The Balaban J connectivity index is 1.96. The van der Waals surface area contributed by atoms with Crippen molar-refractivity contribution in [3.63, 3.8) is 0 Å². The standard InChI is InChI=1S/C20H19FINO/c21-12-6-1-7-13-23-14-17(15-8-3-5-11-19(15)23)20(24)16-9-2-4-10-18(16)22/h2-5,8-11,14H,1,6-7,12-13H2. The zero-order valence-electron chi connectivity index (χ0n) is 13.3. The van der Waals surface area contributed by atoms with Crippen LogP contribution in [0.4, 0.5) is 4.39 Å². The van der Waals surface area contributed by atoms with E-state index in [0.29, 0.717) is 6.42 Å². The second-order valence-electron chi connectivity index (χ2n) is 5.81. The first-order valence-electron chi connectivity index (χ1n) is 8.15. The van der Waals surface area contributed by atoms with Crippen LogP contribution in [0.1, 0.15) is 35.2 Å². The third kappa shape index (κ3) is 3.53. The summed E-state index contributed by atoms with van der Waals surface area (Å²) < 4.78 is 15.3. The first-order valence-corrected chi connectivity index (χ1v) is 9.23. The minimum atomic E-state index is -0.261. The van der Waals surface area contributed by atoms with Crippen LogP contribution >= 0.6 is 22.6 Å². The number of nitrogens with zero attached hydrogens (tertiary/aromatic N) is 1. The molecule has 0 aliphatic carbocycles. The van der Waals surface area contributed by atoms with Crippen LogP contribution < -0.4 is 0 Å². The molecule has 3 aromatic rings. The van der Waals surface area contributed by atoms with E-state index in [1.54, 1.807) is 0 Å². The van der Waals surface area contributed by atoms with E-state index in [4.69, 9.17) is 0 Å². The summed E-state index contributed by atoms with van der Waals surface area (Å²) >= 11 is 2.20. The molecule has 0 spiro atoms. The van der Waals surface area contributed by atoms with Crippen LogP contribution in [0.5, 0.6) is 0 Å². The van der Waals surface area contributed by atoms with Gasteiger partial charge >= 0.3 is 0 Å². The van der Waals surface area contributed by atoms with Crippen molar-refractivity contribution < 1.29 is 9.18 Å². The average Bonchev–Trinajstić information content (AvgIpc) is 2.98. The minimum Gasteiger partial charge on any atom is -0.347 e. The van der Waals surface area contributed by atoms with Gasteiger partial charge in [-0.2, -0.15) is 0 Å². The van der Waals surface area contributed by atoms with Crippen molar-refractivity contribution in [3.05, 3.63) is 69.4 Å². The highest BCUT2D eigenvalue weighted by Gasteiger charge is 2.18. The lowest BCUT2D eigenvalue weighted by Crippen LogP contribution is -2.03. The average molecular weight is 435 g/mol. The third-order valence-electron chi connectivity index (χ3n) is 4.18. The molecule has 0 fully saturated rings. The summed E-state index contributed by atoms with van der Waals surface area (Å²) in [4.78, 5) is 13.0. The van der Waals surface area contributed by atoms with Crippen molar-refractivity contribution >= 4 is 39.3 Å². The molecule has 0 unspecified atom stereocenters. The molecule has 24 heavy (non-hydrogen) atoms. The first kappa shape index (κ1) is 17.1. The van der Waals surface area contributed by atoms with Gasteiger partial charge in [0.2, 0.25) is 0 Å². The number of aromatic nitrogens is 1. The lowest BCUT2D eigenvalue weighted by atomic mass is 10.0. The molecule has 4 heteroatoms. The number of halogens is 2. The SMILES string of the molecule is O=C(c1ccccc1I)c1cn(CCCCCF)c2ccccc12. The Hall–Kier alpha value is -1.69. The van der Waals surface area contributed by atoms with Crippen molar-refractivity contribution in [2.45, 2.75) is 25.8 Å². The summed E-state index contributed by atoms with van der Waals surface area (Å²) in [6.07, 6.45) is 4.33. The largest absolute Gasteiger partial charge is 0.347 e. The molecule has 124 valence electrons. The van der Waals surface area contributed by atoms with E-state index in [9.17, 15) is 9.18 Å². The Labute approximate surface area is 154 Å². The summed E-state index contributed by atoms with van der Waals surface area (Å²) in [6, 6.07) is 15.6. The number of unbranched alkanes of at least 4 members (excludes halogenated alkanes) is 2. The monoisotopic (exact) mass is 435 g/mol. The molecule has 1 heterocycles. The van der Waals surface area contributed by atoms with Crippen LogP contribution in [0, 0.1) is 3.57 Å². The van der Waals surface area contributed by atoms with E-state index in [1.165, 1.54) is 0 Å². The van der Waals surface area contributed by atoms with E-state index >= 15 is 0 Å². The number of carbonyl (C=O) groups is 1. The quantitative estimate of drug-likeness (QED) is 0.268. The van der Waals surface area contributed by atoms with Gasteiger partial charge in [0.15, 0.2) is 5.78 Å². The molecule has 0 saturated heterocycles. The number of hydrogen-bond donors (Lipinski definition) is 0. The normalized spacial score (nSPS) is 11.1. The molecule has 0 atom stereocenters. The molecule has 2 nitrogen and oxygen atoms in total. The maximum absolute atomic E-state index is 13.0. The van der Waals surface area contributed by atoms with Crippen molar-refractivity contribution in [3.8, 4) is 0 Å². The molecule has 0 amide bonds. The number of hydrogen-bond acceptors (Lipinski definition) is 1. The highest BCUT2D eigenvalue weighted by Crippen LogP contribution is 2.26. The van der Waals surface area contributed by atoms with Crippen LogP contribution in [0.3, 0.4) is 0 Å². The second kappa shape index (κ2) is 7.92. The fraction of sp³-hybridized carbons (Fsp3) is 0.250. The van der Waals surface area contributed by atoms with Gasteiger partial charge in [-0.1, -0.05) is 30.3 Å². The summed E-state index contributed by atoms with van der Waals surface area (Å²) in [5.41, 5.74) is 2.53. The van der Waals surface area contributed by atoms with Crippen molar-refractivity contribution in [1.29, 1.82) is 0 Å². The Morgan fingerprint density at radius 2 is 1.71 bits per heavy atom. The Morgan fingerprint density at radius 3 is 2.50 bits per heavy atom. The van der Waals surface area contributed by atoms with Gasteiger partial charge in [0.25, 0.3) is 0 Å². The smallest absolute Gasteiger partial charge is 0.196 e. The first-order chi connectivity index (χ1) is 11.7. The fourth-order valence-electron chi connectivity index (χ4n) is 2.96. The Kier molecular flexibility index (Phi) is 5.66. The van der Waals surface area contributed by atoms with Crippen LogP contribution in [-0.2, 0) is 6.54 Å². The van der Waals surface area contributed by atoms with E-state index in [2.05, 4.69) is 27.2 Å². The lowest BCUT2D eigenvalue weighted by molar-refractivity contribution is 0.103. The van der Waals surface area contributed by atoms with Gasteiger partial charge in [-0.15, -0.1) is 0 Å².